The van der Waals surface area contributed by atoms with Gasteiger partial charge in [-0.05, 0) is 79.9 Å². The average molecular weight is 680 g/mol. The Labute approximate surface area is 272 Å². The molecule has 246 valence electrons. The molecule has 1 aromatic heterocycles. The van der Waals surface area contributed by atoms with Crippen molar-refractivity contribution in [2.24, 2.45) is 0 Å². The van der Waals surface area contributed by atoms with E-state index in [9.17, 15) is 32.7 Å². The molecule has 2 N–H and O–H groups in total. The van der Waals surface area contributed by atoms with Crippen LogP contribution in [-0.2, 0) is 22.1 Å². The van der Waals surface area contributed by atoms with E-state index in [-0.39, 0.29) is 53.7 Å². The van der Waals surface area contributed by atoms with Gasteiger partial charge in [0.2, 0.25) is 0 Å². The first-order chi connectivity index (χ1) is 21.6. The second-order valence-electron chi connectivity index (χ2n) is 12.1. The van der Waals surface area contributed by atoms with Crippen LogP contribution >= 0.6 is 23.4 Å². The molecule has 5 rings (SSSR count). The quantitative estimate of drug-likeness (QED) is 0.301. The fourth-order valence-corrected chi connectivity index (χ4v) is 6.60. The number of allylic oxidation sites excluding steroid dienone is 1. The van der Waals surface area contributed by atoms with Crippen LogP contribution < -0.4 is 0 Å². The summed E-state index contributed by atoms with van der Waals surface area (Å²) in [5.41, 5.74) is -0.265. The van der Waals surface area contributed by atoms with Gasteiger partial charge < -0.3 is 14.7 Å². The topological polar surface area (TPSA) is 119 Å². The second-order valence-corrected chi connectivity index (χ2v) is 13.5. The molecule has 0 spiro atoms. The molecular formula is C31H33ClF3N5O5S. The molecule has 0 bridgehead atoms. The average Bonchev–Trinajstić information content (AvgIpc) is 3.56. The standard InChI is InChI=1S/C31H33ClF3N5O5S/c1-30(2,3)45-28(43)39-10-8-38(16-22(39)17-41)9-11-40-27(42)26(46-29(40)44)23(18-5-7-25-20(12-18)15-36-37-25)13-19-4-6-21(32)14-24(19)31(33,34)35/h4-7,12,14-15,22,41H,8-11,13,16-17H2,1-3H3,(H,36,37)/t22-/m1/s1. The Bertz CT molecular complexity index is 1690. The van der Waals surface area contributed by atoms with Crippen LogP contribution in [0.5, 0.6) is 0 Å². The molecule has 3 amide bonds. The number of amides is 3. The monoisotopic (exact) mass is 679 g/mol. The number of thioether (sulfide) groups is 1. The SMILES string of the molecule is CC(C)(C)OC(=O)N1CCN(CCN2C(=O)SC(=C(Cc3ccc(Cl)cc3C(F)(F)F)c3ccc4[nH]ncc4c3)C2=O)C[C@@H]1CO. The number of carbonyl (C=O) groups excluding carboxylic acids is 3. The zero-order valence-electron chi connectivity index (χ0n) is 25.4. The molecule has 46 heavy (non-hydrogen) atoms. The van der Waals surface area contributed by atoms with Crippen LogP contribution in [0.15, 0.2) is 47.5 Å². The van der Waals surface area contributed by atoms with Crippen molar-refractivity contribution >= 4 is 57.1 Å². The number of halogens is 4. The third-order valence-electron chi connectivity index (χ3n) is 7.70. The summed E-state index contributed by atoms with van der Waals surface area (Å²) >= 11 is 6.60. The lowest BCUT2D eigenvalue weighted by molar-refractivity contribution is -0.138. The highest BCUT2D eigenvalue weighted by Gasteiger charge is 2.40. The largest absolute Gasteiger partial charge is 0.444 e. The van der Waals surface area contributed by atoms with E-state index >= 15 is 0 Å². The van der Waals surface area contributed by atoms with E-state index in [0.717, 1.165) is 11.0 Å². The van der Waals surface area contributed by atoms with Crippen molar-refractivity contribution in [2.45, 2.75) is 45.0 Å². The number of imide groups is 1. The first kappa shape index (κ1) is 33.8. The summed E-state index contributed by atoms with van der Waals surface area (Å²) in [7, 11) is 0. The molecule has 10 nitrogen and oxygen atoms in total. The predicted octanol–water partition coefficient (Wildman–Crippen LogP) is 5.80. The Kier molecular flexibility index (Phi) is 9.73. The van der Waals surface area contributed by atoms with Crippen LogP contribution in [0.25, 0.3) is 16.5 Å². The van der Waals surface area contributed by atoms with Gasteiger partial charge in [-0.25, -0.2) is 4.79 Å². The number of carbonyl (C=O) groups is 3. The van der Waals surface area contributed by atoms with Gasteiger partial charge in [0.1, 0.15) is 5.60 Å². The summed E-state index contributed by atoms with van der Waals surface area (Å²) in [6.45, 7) is 6.27. The molecule has 0 unspecified atom stereocenters. The van der Waals surface area contributed by atoms with Crippen LogP contribution in [0.4, 0.5) is 22.8 Å². The normalized spacial score (nSPS) is 19.3. The van der Waals surface area contributed by atoms with E-state index in [1.54, 1.807) is 45.2 Å². The fourth-order valence-electron chi connectivity index (χ4n) is 5.46. The van der Waals surface area contributed by atoms with E-state index in [1.807, 2.05) is 4.90 Å². The van der Waals surface area contributed by atoms with E-state index < -0.39 is 40.6 Å². The minimum Gasteiger partial charge on any atom is -0.444 e. The number of aliphatic hydroxyl groups excluding tert-OH is 1. The molecule has 3 aromatic rings. The van der Waals surface area contributed by atoms with Crippen LogP contribution in [-0.4, -0.2) is 98.2 Å². The smallest absolute Gasteiger partial charge is 0.416 e. The maximum absolute atomic E-state index is 14.0. The Morgan fingerprint density at radius 3 is 2.59 bits per heavy atom. The van der Waals surface area contributed by atoms with Crippen molar-refractivity contribution in [3.05, 3.63) is 69.2 Å². The van der Waals surface area contributed by atoms with Gasteiger partial charge in [-0.15, -0.1) is 0 Å². The van der Waals surface area contributed by atoms with Gasteiger partial charge in [0.05, 0.1) is 34.8 Å². The number of aliphatic hydroxyl groups is 1. The highest BCUT2D eigenvalue weighted by atomic mass is 35.5. The maximum atomic E-state index is 14.0. The Morgan fingerprint density at radius 1 is 1.13 bits per heavy atom. The Balaban J connectivity index is 1.39. The molecule has 2 aliphatic rings. The molecule has 0 aliphatic carbocycles. The van der Waals surface area contributed by atoms with Crippen LogP contribution in [0.2, 0.25) is 5.02 Å². The predicted molar refractivity (Wildman–Crippen MR) is 168 cm³/mol. The molecule has 1 atom stereocenters. The Hall–Kier alpha value is -3.59. The Morgan fingerprint density at radius 2 is 1.89 bits per heavy atom. The molecule has 2 aliphatic heterocycles. The molecule has 0 saturated carbocycles. The van der Waals surface area contributed by atoms with Crippen molar-refractivity contribution in [1.29, 1.82) is 0 Å². The van der Waals surface area contributed by atoms with E-state index in [4.69, 9.17) is 16.3 Å². The summed E-state index contributed by atoms with van der Waals surface area (Å²) in [6, 6.07) is 8.04. The second kappa shape index (κ2) is 13.3. The highest BCUT2D eigenvalue weighted by Crippen LogP contribution is 2.41. The van der Waals surface area contributed by atoms with Gasteiger partial charge >= 0.3 is 12.3 Å². The number of benzene rings is 2. The number of H-pyrrole nitrogens is 1. The van der Waals surface area contributed by atoms with E-state index in [0.29, 0.717) is 41.3 Å². The van der Waals surface area contributed by atoms with Gasteiger partial charge in [-0.3, -0.25) is 24.5 Å². The van der Waals surface area contributed by atoms with E-state index in [1.165, 1.54) is 17.0 Å². The number of rotatable bonds is 7. The minimum absolute atomic E-state index is 0.0154. The van der Waals surface area contributed by atoms with Crippen LogP contribution in [0, 0.1) is 0 Å². The van der Waals surface area contributed by atoms with Crippen molar-refractivity contribution in [1.82, 2.24) is 24.9 Å². The van der Waals surface area contributed by atoms with Gasteiger partial charge in [-0.2, -0.15) is 18.3 Å². The summed E-state index contributed by atoms with van der Waals surface area (Å²) in [4.78, 5) is 44.1. The number of nitrogens with zero attached hydrogens (tertiary/aromatic N) is 4. The first-order valence-electron chi connectivity index (χ1n) is 14.5. The van der Waals surface area contributed by atoms with Gasteiger partial charge in [-0.1, -0.05) is 23.7 Å². The maximum Gasteiger partial charge on any atom is 0.416 e. The van der Waals surface area contributed by atoms with E-state index in [2.05, 4.69) is 10.2 Å². The van der Waals surface area contributed by atoms with Crippen molar-refractivity contribution < 1.29 is 37.4 Å². The lowest BCUT2D eigenvalue weighted by atomic mass is 9.93. The molecule has 15 heteroatoms. The third kappa shape index (κ3) is 7.51. The summed E-state index contributed by atoms with van der Waals surface area (Å²) in [6.07, 6.45) is -3.94. The third-order valence-corrected chi connectivity index (χ3v) is 8.96. The number of aromatic amines is 1. The minimum atomic E-state index is -4.70. The molecule has 0 radical (unpaired) electrons. The zero-order chi connectivity index (χ0) is 33.4. The summed E-state index contributed by atoms with van der Waals surface area (Å²) in [5.74, 6) is -0.606. The van der Waals surface area contributed by atoms with Gasteiger partial charge in [0, 0.05) is 43.1 Å². The summed E-state index contributed by atoms with van der Waals surface area (Å²) < 4.78 is 47.5. The fraction of sp³-hybridized carbons (Fsp3) is 0.419. The number of aromatic nitrogens is 2. The van der Waals surface area contributed by atoms with Crippen molar-refractivity contribution in [2.75, 3.05) is 39.3 Å². The lowest BCUT2D eigenvalue weighted by Crippen LogP contribution is -2.58. The van der Waals surface area contributed by atoms with Crippen molar-refractivity contribution in [3.8, 4) is 0 Å². The van der Waals surface area contributed by atoms with Gasteiger partial charge in [0.25, 0.3) is 11.1 Å². The molecule has 2 fully saturated rings. The molecule has 3 heterocycles. The lowest BCUT2D eigenvalue weighted by Gasteiger charge is -2.41. The van der Waals surface area contributed by atoms with Gasteiger partial charge in [0.15, 0.2) is 0 Å². The molecule has 2 saturated heterocycles. The number of fused-ring (bicyclic) bond motifs is 1. The summed E-state index contributed by atoms with van der Waals surface area (Å²) in [5, 5.41) is 16.9. The highest BCUT2D eigenvalue weighted by molar-refractivity contribution is 8.18. The zero-order valence-corrected chi connectivity index (χ0v) is 26.9. The number of ether oxygens (including phenoxy) is 1. The number of nitrogens with one attached hydrogen (secondary N) is 1. The number of alkyl halides is 3. The molecule has 2 aromatic carbocycles. The van der Waals surface area contributed by atoms with Crippen molar-refractivity contribution in [3.63, 3.8) is 0 Å². The number of piperazine rings is 1. The molecular weight excluding hydrogens is 647 g/mol. The number of hydrogen-bond donors (Lipinski definition) is 2. The first-order valence-corrected chi connectivity index (χ1v) is 15.7. The number of hydrogen-bond acceptors (Lipinski definition) is 8. The van der Waals surface area contributed by atoms with Crippen LogP contribution in [0.3, 0.4) is 0 Å². The van der Waals surface area contributed by atoms with Crippen LogP contribution in [0.1, 0.15) is 37.5 Å².